The predicted octanol–water partition coefficient (Wildman–Crippen LogP) is 4.23. The zero-order chi connectivity index (χ0) is 13.8. The van der Waals surface area contributed by atoms with Gasteiger partial charge >= 0.3 is 0 Å². The molecule has 0 aliphatic carbocycles. The highest BCUT2D eigenvalue weighted by Crippen LogP contribution is 2.22. The molecule has 1 amide bonds. The number of nitrogens with zero attached hydrogens (tertiary/aromatic N) is 1. The van der Waals surface area contributed by atoms with Crippen LogP contribution in [-0.4, -0.2) is 5.91 Å². The Bertz CT molecular complexity index is 662. The zero-order valence-electron chi connectivity index (χ0n) is 9.65. The van der Waals surface area contributed by atoms with E-state index in [-0.39, 0.29) is 5.91 Å². The van der Waals surface area contributed by atoms with E-state index in [1.165, 1.54) is 0 Å². The fourth-order valence-corrected chi connectivity index (χ4v) is 2.06. The molecule has 0 bridgehead atoms. The molecule has 0 aliphatic rings. The predicted molar refractivity (Wildman–Crippen MR) is 78.3 cm³/mol. The molecule has 5 heteroatoms. The highest BCUT2D eigenvalue weighted by Gasteiger charge is 2.11. The Labute approximate surface area is 123 Å². The molecule has 0 radical (unpaired) electrons. The van der Waals surface area contributed by atoms with Gasteiger partial charge < -0.3 is 5.32 Å². The third-order valence-electron chi connectivity index (χ3n) is 2.44. The maximum atomic E-state index is 12.1. The molecule has 2 aromatic carbocycles. The SMILES string of the molecule is N#Cc1ccc(NC(=O)c2cc(Br)ccc2Cl)cc1. The van der Waals surface area contributed by atoms with Gasteiger partial charge in [-0.05, 0) is 42.5 Å². The van der Waals surface area contributed by atoms with E-state index in [0.29, 0.717) is 21.8 Å². The van der Waals surface area contributed by atoms with Crippen molar-refractivity contribution in [1.82, 2.24) is 0 Å². The Hall–Kier alpha value is -1.83. The van der Waals surface area contributed by atoms with Crippen molar-refractivity contribution in [3.63, 3.8) is 0 Å². The number of rotatable bonds is 2. The van der Waals surface area contributed by atoms with Gasteiger partial charge in [0, 0.05) is 10.2 Å². The molecule has 3 nitrogen and oxygen atoms in total. The Balaban J connectivity index is 2.21. The van der Waals surface area contributed by atoms with Crippen LogP contribution in [0.4, 0.5) is 5.69 Å². The molecular formula is C14H8BrClN2O. The lowest BCUT2D eigenvalue weighted by Gasteiger charge is -2.07. The summed E-state index contributed by atoms with van der Waals surface area (Å²) in [5, 5.41) is 11.8. The molecule has 0 heterocycles. The first kappa shape index (κ1) is 13.6. The molecular weight excluding hydrogens is 328 g/mol. The molecule has 0 atom stereocenters. The summed E-state index contributed by atoms with van der Waals surface area (Å²) < 4.78 is 0.780. The van der Waals surface area contributed by atoms with Gasteiger partial charge in [0.2, 0.25) is 0 Å². The monoisotopic (exact) mass is 334 g/mol. The summed E-state index contributed by atoms with van der Waals surface area (Å²) in [5.74, 6) is -0.295. The van der Waals surface area contributed by atoms with Gasteiger partial charge in [-0.3, -0.25) is 4.79 Å². The molecule has 1 N–H and O–H groups in total. The quantitative estimate of drug-likeness (QED) is 0.893. The number of carbonyl (C=O) groups excluding carboxylic acids is 1. The molecule has 2 aromatic rings. The number of anilines is 1. The number of hydrogen-bond donors (Lipinski definition) is 1. The largest absolute Gasteiger partial charge is 0.322 e. The second-order valence-electron chi connectivity index (χ2n) is 3.77. The molecule has 94 valence electrons. The van der Waals surface area contributed by atoms with Gasteiger partial charge in [0.15, 0.2) is 0 Å². The van der Waals surface area contributed by atoms with E-state index in [2.05, 4.69) is 21.2 Å². The van der Waals surface area contributed by atoms with Crippen LogP contribution in [0.5, 0.6) is 0 Å². The van der Waals surface area contributed by atoms with Gasteiger partial charge in [0.25, 0.3) is 5.91 Å². The van der Waals surface area contributed by atoms with Crippen LogP contribution >= 0.6 is 27.5 Å². The fraction of sp³-hybridized carbons (Fsp3) is 0. The van der Waals surface area contributed by atoms with Crippen molar-refractivity contribution in [3.8, 4) is 6.07 Å². The van der Waals surface area contributed by atoms with Gasteiger partial charge in [-0.1, -0.05) is 27.5 Å². The average Bonchev–Trinajstić information content (AvgIpc) is 2.42. The molecule has 0 aromatic heterocycles. The van der Waals surface area contributed by atoms with Crippen molar-refractivity contribution in [3.05, 3.63) is 63.1 Å². The summed E-state index contributed by atoms with van der Waals surface area (Å²) in [7, 11) is 0. The van der Waals surface area contributed by atoms with Crippen molar-refractivity contribution in [2.45, 2.75) is 0 Å². The smallest absolute Gasteiger partial charge is 0.257 e. The Morgan fingerprint density at radius 3 is 2.53 bits per heavy atom. The highest BCUT2D eigenvalue weighted by molar-refractivity contribution is 9.10. The van der Waals surface area contributed by atoms with Crippen LogP contribution in [0.1, 0.15) is 15.9 Å². The number of carbonyl (C=O) groups is 1. The summed E-state index contributed by atoms with van der Waals surface area (Å²) in [4.78, 5) is 12.1. The van der Waals surface area contributed by atoms with E-state index in [9.17, 15) is 4.79 Å². The summed E-state index contributed by atoms with van der Waals surface area (Å²) in [5.41, 5.74) is 1.54. The molecule has 0 spiro atoms. The Morgan fingerprint density at radius 1 is 1.21 bits per heavy atom. The standard InChI is InChI=1S/C14H8BrClN2O/c15-10-3-6-13(16)12(7-10)14(19)18-11-4-1-9(8-17)2-5-11/h1-7H,(H,18,19). The lowest BCUT2D eigenvalue weighted by molar-refractivity contribution is 0.102. The molecule has 2 rings (SSSR count). The first-order valence-electron chi connectivity index (χ1n) is 5.37. The van der Waals surface area contributed by atoms with Gasteiger partial charge in [-0.25, -0.2) is 0 Å². The van der Waals surface area contributed by atoms with Crippen LogP contribution in [0.2, 0.25) is 5.02 Å². The minimum Gasteiger partial charge on any atom is -0.322 e. The summed E-state index contributed by atoms with van der Waals surface area (Å²) in [6.45, 7) is 0. The summed E-state index contributed by atoms with van der Waals surface area (Å²) >= 11 is 9.27. The molecule has 0 unspecified atom stereocenters. The Kier molecular flexibility index (Phi) is 4.20. The second-order valence-corrected chi connectivity index (χ2v) is 5.09. The van der Waals surface area contributed by atoms with Crippen molar-refractivity contribution < 1.29 is 4.79 Å². The van der Waals surface area contributed by atoms with Crippen molar-refractivity contribution in [2.75, 3.05) is 5.32 Å². The fourth-order valence-electron chi connectivity index (χ4n) is 1.50. The third kappa shape index (κ3) is 3.34. The van der Waals surface area contributed by atoms with Crippen LogP contribution < -0.4 is 5.32 Å². The highest BCUT2D eigenvalue weighted by atomic mass is 79.9. The minimum absolute atomic E-state index is 0.295. The van der Waals surface area contributed by atoms with Gasteiger partial charge in [-0.15, -0.1) is 0 Å². The van der Waals surface area contributed by atoms with E-state index >= 15 is 0 Å². The zero-order valence-corrected chi connectivity index (χ0v) is 12.0. The number of halogens is 2. The van der Waals surface area contributed by atoms with Crippen molar-refractivity contribution >= 4 is 39.1 Å². The number of hydrogen-bond acceptors (Lipinski definition) is 2. The maximum absolute atomic E-state index is 12.1. The minimum atomic E-state index is -0.295. The first-order valence-corrected chi connectivity index (χ1v) is 6.54. The average molecular weight is 336 g/mol. The van der Waals surface area contributed by atoms with E-state index < -0.39 is 0 Å². The number of benzene rings is 2. The van der Waals surface area contributed by atoms with E-state index in [0.717, 1.165) is 4.47 Å². The molecule has 0 saturated heterocycles. The maximum Gasteiger partial charge on any atom is 0.257 e. The molecule has 0 aliphatic heterocycles. The second kappa shape index (κ2) is 5.87. The molecule has 0 saturated carbocycles. The molecule has 19 heavy (non-hydrogen) atoms. The Morgan fingerprint density at radius 2 is 1.89 bits per heavy atom. The van der Waals surface area contributed by atoms with Crippen LogP contribution in [0.15, 0.2) is 46.9 Å². The van der Waals surface area contributed by atoms with Gasteiger partial charge in [0.1, 0.15) is 0 Å². The number of amides is 1. The number of nitriles is 1. The topological polar surface area (TPSA) is 52.9 Å². The van der Waals surface area contributed by atoms with Crippen molar-refractivity contribution in [1.29, 1.82) is 5.26 Å². The van der Waals surface area contributed by atoms with Crippen LogP contribution in [-0.2, 0) is 0 Å². The van der Waals surface area contributed by atoms with Crippen LogP contribution in [0.25, 0.3) is 0 Å². The van der Waals surface area contributed by atoms with E-state index in [1.807, 2.05) is 6.07 Å². The van der Waals surface area contributed by atoms with Gasteiger partial charge in [-0.2, -0.15) is 5.26 Å². The number of nitrogens with one attached hydrogen (secondary N) is 1. The van der Waals surface area contributed by atoms with Crippen LogP contribution in [0, 0.1) is 11.3 Å². The lowest BCUT2D eigenvalue weighted by atomic mass is 10.2. The van der Waals surface area contributed by atoms with Crippen LogP contribution in [0.3, 0.4) is 0 Å². The summed E-state index contributed by atoms with van der Waals surface area (Å²) in [6, 6.07) is 13.7. The molecule has 0 fully saturated rings. The summed E-state index contributed by atoms with van der Waals surface area (Å²) in [6.07, 6.45) is 0. The first-order chi connectivity index (χ1) is 9.10. The van der Waals surface area contributed by atoms with Crippen molar-refractivity contribution in [2.24, 2.45) is 0 Å². The lowest BCUT2D eigenvalue weighted by Crippen LogP contribution is -2.12. The van der Waals surface area contributed by atoms with Gasteiger partial charge in [0.05, 0.1) is 22.2 Å². The van der Waals surface area contributed by atoms with E-state index in [4.69, 9.17) is 16.9 Å². The normalized spacial score (nSPS) is 9.74. The third-order valence-corrected chi connectivity index (χ3v) is 3.27. The van der Waals surface area contributed by atoms with E-state index in [1.54, 1.807) is 42.5 Å².